The number of aromatic nitrogens is 5. The SMILES string of the molecule is C[C@@H](/C=C/CCn1cc(C(CO)c2ccccc2)nn1)[C@]1(O)C(=O)N(Cc2ccccc2)c2ccc(-n3ncc4ccccc4c3=O)cc21. The highest BCUT2D eigenvalue weighted by atomic mass is 16.3. The summed E-state index contributed by atoms with van der Waals surface area (Å²) in [4.78, 5) is 29.2. The van der Waals surface area contributed by atoms with Crippen molar-refractivity contribution in [1.82, 2.24) is 24.8 Å². The Hall–Kier alpha value is -5.71. The van der Waals surface area contributed by atoms with Crippen LogP contribution in [0.25, 0.3) is 16.5 Å². The minimum atomic E-state index is -1.89. The van der Waals surface area contributed by atoms with Crippen molar-refractivity contribution in [2.75, 3.05) is 11.5 Å². The molecule has 1 unspecified atom stereocenters. The van der Waals surface area contributed by atoms with E-state index in [-0.39, 0.29) is 24.6 Å². The molecule has 3 heterocycles. The number of nitrogens with zero attached hydrogens (tertiary/aromatic N) is 6. The van der Waals surface area contributed by atoms with Crippen LogP contribution in [0.4, 0.5) is 5.69 Å². The third-order valence-corrected chi connectivity index (χ3v) is 9.28. The summed E-state index contributed by atoms with van der Waals surface area (Å²) in [5, 5.41) is 36.6. The lowest BCUT2D eigenvalue weighted by atomic mass is 9.82. The molecular formula is C39H36N6O4. The van der Waals surface area contributed by atoms with E-state index in [0.717, 1.165) is 16.5 Å². The number of rotatable bonds is 11. The van der Waals surface area contributed by atoms with E-state index in [1.165, 1.54) is 4.68 Å². The number of aryl methyl sites for hydroxylation is 1. The fourth-order valence-electron chi connectivity index (χ4n) is 6.55. The van der Waals surface area contributed by atoms with Crippen LogP contribution >= 0.6 is 0 Å². The molecule has 1 aliphatic rings. The molecular weight excluding hydrogens is 616 g/mol. The summed E-state index contributed by atoms with van der Waals surface area (Å²) in [5.41, 5.74) is 1.86. The molecule has 2 aromatic heterocycles. The first-order valence-electron chi connectivity index (χ1n) is 16.3. The Balaban J connectivity index is 1.16. The lowest BCUT2D eigenvalue weighted by Gasteiger charge is -2.28. The van der Waals surface area contributed by atoms with Crippen molar-refractivity contribution in [3.63, 3.8) is 0 Å². The number of carbonyl (C=O) groups is 1. The van der Waals surface area contributed by atoms with Crippen molar-refractivity contribution >= 4 is 22.4 Å². The Morgan fingerprint density at radius 3 is 2.43 bits per heavy atom. The molecule has 1 aliphatic heterocycles. The monoisotopic (exact) mass is 652 g/mol. The molecule has 10 nitrogen and oxygen atoms in total. The summed E-state index contributed by atoms with van der Waals surface area (Å²) in [6.45, 7) is 2.54. The maximum Gasteiger partial charge on any atom is 0.279 e. The predicted molar refractivity (Wildman–Crippen MR) is 187 cm³/mol. The Bertz CT molecular complexity index is 2200. The van der Waals surface area contributed by atoms with E-state index in [9.17, 15) is 19.8 Å². The molecule has 1 amide bonds. The number of anilines is 1. The third kappa shape index (κ3) is 5.96. The third-order valence-electron chi connectivity index (χ3n) is 9.28. The minimum absolute atomic E-state index is 0.0806. The molecule has 7 rings (SSSR count). The van der Waals surface area contributed by atoms with Crippen LogP contribution in [0.1, 0.15) is 41.6 Å². The number of benzene rings is 4. The van der Waals surface area contributed by atoms with Crippen molar-refractivity contribution in [3.05, 3.63) is 160 Å². The van der Waals surface area contributed by atoms with Gasteiger partial charge in [0.1, 0.15) is 0 Å². The van der Waals surface area contributed by atoms with E-state index >= 15 is 0 Å². The van der Waals surface area contributed by atoms with Crippen LogP contribution < -0.4 is 10.5 Å². The second-order valence-electron chi connectivity index (χ2n) is 12.4. The lowest BCUT2D eigenvalue weighted by molar-refractivity contribution is -0.139. The van der Waals surface area contributed by atoms with Gasteiger partial charge < -0.3 is 15.1 Å². The van der Waals surface area contributed by atoms with Crippen LogP contribution in [0.3, 0.4) is 0 Å². The minimum Gasteiger partial charge on any atom is -0.395 e. The molecule has 10 heteroatoms. The zero-order valence-corrected chi connectivity index (χ0v) is 27.0. The first kappa shape index (κ1) is 31.9. The van der Waals surface area contributed by atoms with Gasteiger partial charge in [-0.15, -0.1) is 5.10 Å². The zero-order chi connectivity index (χ0) is 34.0. The van der Waals surface area contributed by atoms with Gasteiger partial charge in [0, 0.05) is 29.6 Å². The summed E-state index contributed by atoms with van der Waals surface area (Å²) in [5.74, 6) is -1.31. The van der Waals surface area contributed by atoms with Gasteiger partial charge in [0.25, 0.3) is 11.5 Å². The summed E-state index contributed by atoms with van der Waals surface area (Å²) < 4.78 is 3.03. The Morgan fingerprint density at radius 1 is 0.918 bits per heavy atom. The van der Waals surface area contributed by atoms with Crippen LogP contribution in [0.2, 0.25) is 0 Å². The number of allylic oxidation sites excluding steroid dienone is 1. The fourth-order valence-corrected chi connectivity index (χ4v) is 6.55. The molecule has 0 fully saturated rings. The van der Waals surface area contributed by atoms with Crippen molar-refractivity contribution in [1.29, 1.82) is 0 Å². The average molecular weight is 653 g/mol. The number of aliphatic hydroxyl groups excluding tert-OH is 1. The molecule has 6 aromatic rings. The van der Waals surface area contributed by atoms with Crippen molar-refractivity contribution < 1.29 is 15.0 Å². The molecule has 0 saturated carbocycles. The number of carbonyl (C=O) groups excluding carboxylic acids is 1. The number of hydrogen-bond donors (Lipinski definition) is 2. The first-order valence-corrected chi connectivity index (χ1v) is 16.3. The number of aliphatic hydroxyl groups is 2. The maximum atomic E-state index is 14.2. The normalized spacial score (nSPS) is 17.1. The Morgan fingerprint density at radius 2 is 1.65 bits per heavy atom. The molecule has 49 heavy (non-hydrogen) atoms. The van der Waals surface area contributed by atoms with E-state index in [0.29, 0.717) is 41.0 Å². The zero-order valence-electron chi connectivity index (χ0n) is 27.0. The van der Waals surface area contributed by atoms with E-state index < -0.39 is 17.4 Å². The van der Waals surface area contributed by atoms with Gasteiger partial charge in [-0.3, -0.25) is 14.3 Å². The van der Waals surface area contributed by atoms with Gasteiger partial charge in [-0.05, 0) is 41.8 Å². The lowest BCUT2D eigenvalue weighted by Crippen LogP contribution is -2.44. The molecule has 0 bridgehead atoms. The second kappa shape index (κ2) is 13.4. The molecule has 3 atom stereocenters. The fraction of sp³-hybridized carbons (Fsp3) is 0.205. The number of fused-ring (bicyclic) bond motifs is 2. The van der Waals surface area contributed by atoms with Gasteiger partial charge in [-0.2, -0.15) is 9.78 Å². The van der Waals surface area contributed by atoms with Gasteiger partial charge in [0.05, 0.1) is 47.7 Å². The van der Waals surface area contributed by atoms with Crippen LogP contribution in [-0.4, -0.2) is 47.5 Å². The quantitative estimate of drug-likeness (QED) is 0.186. The van der Waals surface area contributed by atoms with Crippen molar-refractivity contribution in [2.45, 2.75) is 38.0 Å². The van der Waals surface area contributed by atoms with E-state index in [4.69, 9.17) is 0 Å². The van der Waals surface area contributed by atoms with Crippen LogP contribution in [0.15, 0.2) is 132 Å². The molecule has 0 spiro atoms. The van der Waals surface area contributed by atoms with Gasteiger partial charge in [0.15, 0.2) is 5.60 Å². The molecule has 4 aromatic carbocycles. The van der Waals surface area contributed by atoms with E-state index in [1.54, 1.807) is 40.0 Å². The molecule has 0 saturated heterocycles. The van der Waals surface area contributed by atoms with Gasteiger partial charge in [0.2, 0.25) is 0 Å². The molecule has 2 N–H and O–H groups in total. The highest BCUT2D eigenvalue weighted by Crippen LogP contribution is 2.46. The van der Waals surface area contributed by atoms with E-state index in [1.807, 2.05) is 104 Å². The van der Waals surface area contributed by atoms with Gasteiger partial charge in [-0.1, -0.05) is 103 Å². The Labute approximate surface area is 283 Å². The number of hydrogen-bond acceptors (Lipinski definition) is 7. The van der Waals surface area contributed by atoms with E-state index in [2.05, 4.69) is 15.4 Å². The standard InChI is InChI=1S/C39H36N6O4/c1-27(12-10-11-21-43-25-35(41-42-43)33(26-46)29-15-6-3-7-16-29)39(49)34-22-31(45-37(47)32-18-9-8-17-30(32)23-40-45)19-20-36(34)44(38(39)48)24-28-13-4-2-5-14-28/h2-10,12-20,22-23,25,27,33,46,49H,11,21,24,26H2,1H3/b12-10+/t27-,33?,39+/m0/s1. The summed E-state index contributed by atoms with van der Waals surface area (Å²) in [7, 11) is 0. The largest absolute Gasteiger partial charge is 0.395 e. The molecule has 0 aliphatic carbocycles. The predicted octanol–water partition coefficient (Wildman–Crippen LogP) is 5.12. The Kier molecular flexibility index (Phi) is 8.73. The summed E-state index contributed by atoms with van der Waals surface area (Å²) in [6.07, 6.45) is 7.82. The van der Waals surface area contributed by atoms with Crippen LogP contribution in [0, 0.1) is 5.92 Å². The maximum absolute atomic E-state index is 14.2. The van der Waals surface area contributed by atoms with Crippen molar-refractivity contribution in [2.24, 2.45) is 5.92 Å². The van der Waals surface area contributed by atoms with Gasteiger partial charge in [-0.25, -0.2) is 0 Å². The first-order chi connectivity index (χ1) is 23.9. The second-order valence-corrected chi connectivity index (χ2v) is 12.4. The smallest absolute Gasteiger partial charge is 0.279 e. The van der Waals surface area contributed by atoms with Gasteiger partial charge >= 0.3 is 0 Å². The highest BCUT2D eigenvalue weighted by Gasteiger charge is 2.52. The highest BCUT2D eigenvalue weighted by molar-refractivity contribution is 6.07. The average Bonchev–Trinajstić information content (AvgIpc) is 3.69. The number of amides is 1. The summed E-state index contributed by atoms with van der Waals surface area (Å²) >= 11 is 0. The summed E-state index contributed by atoms with van der Waals surface area (Å²) in [6, 6.07) is 31.8. The van der Waals surface area contributed by atoms with Crippen LogP contribution in [-0.2, 0) is 23.5 Å². The molecule has 246 valence electrons. The molecule has 0 radical (unpaired) electrons. The van der Waals surface area contributed by atoms with Crippen LogP contribution in [0.5, 0.6) is 0 Å². The van der Waals surface area contributed by atoms with Crippen molar-refractivity contribution in [3.8, 4) is 5.69 Å². The topological polar surface area (TPSA) is 126 Å².